The van der Waals surface area contributed by atoms with Crippen molar-refractivity contribution < 1.29 is 0 Å². The molecule has 1 N–H and O–H groups in total. The second-order valence-corrected chi connectivity index (χ2v) is 5.56. The lowest BCUT2D eigenvalue weighted by atomic mass is 10.1. The Kier molecular flexibility index (Phi) is 3.52. The highest BCUT2D eigenvalue weighted by Crippen LogP contribution is 2.32. The summed E-state index contributed by atoms with van der Waals surface area (Å²) < 4.78 is 1.18. The zero-order chi connectivity index (χ0) is 12.4. The Bertz CT molecular complexity index is 545. The van der Waals surface area contributed by atoms with Gasteiger partial charge in [-0.3, -0.25) is 0 Å². The van der Waals surface area contributed by atoms with Crippen molar-refractivity contribution in [3.8, 4) is 0 Å². The van der Waals surface area contributed by atoms with Crippen LogP contribution in [0.3, 0.4) is 0 Å². The van der Waals surface area contributed by atoms with E-state index < -0.39 is 0 Å². The van der Waals surface area contributed by atoms with Crippen molar-refractivity contribution in [2.24, 2.45) is 0 Å². The summed E-state index contributed by atoms with van der Waals surface area (Å²) >= 11 is 3.64. The predicted molar refractivity (Wildman–Crippen MR) is 81.3 cm³/mol. The monoisotopic (exact) mass is 304 g/mol. The van der Waals surface area contributed by atoms with Gasteiger partial charge >= 0.3 is 0 Å². The number of halogens is 1. The molecule has 3 rings (SSSR count). The van der Waals surface area contributed by atoms with Crippen molar-refractivity contribution in [2.75, 3.05) is 31.1 Å². The quantitative estimate of drug-likeness (QED) is 0.868. The fourth-order valence-electron chi connectivity index (χ4n) is 2.61. The van der Waals surface area contributed by atoms with Crippen molar-refractivity contribution in [2.45, 2.75) is 6.42 Å². The third-order valence-electron chi connectivity index (χ3n) is 3.53. The third-order valence-corrected chi connectivity index (χ3v) is 4.22. The van der Waals surface area contributed by atoms with Crippen LogP contribution in [0.5, 0.6) is 0 Å². The van der Waals surface area contributed by atoms with E-state index in [9.17, 15) is 0 Å². The summed E-state index contributed by atoms with van der Waals surface area (Å²) in [7, 11) is 0. The summed E-state index contributed by atoms with van der Waals surface area (Å²) in [4.78, 5) is 2.49. The van der Waals surface area contributed by atoms with Crippen LogP contribution < -0.4 is 10.2 Å². The summed E-state index contributed by atoms with van der Waals surface area (Å²) in [6.07, 6.45) is 1.21. The fraction of sp³-hybridized carbons (Fsp3) is 0.333. The van der Waals surface area contributed by atoms with E-state index in [2.05, 4.69) is 62.5 Å². The number of anilines is 1. The number of fused-ring (bicyclic) bond motifs is 1. The van der Waals surface area contributed by atoms with Gasteiger partial charge in [-0.25, -0.2) is 0 Å². The minimum absolute atomic E-state index is 1.07. The minimum atomic E-state index is 1.07. The van der Waals surface area contributed by atoms with Gasteiger partial charge < -0.3 is 10.2 Å². The molecule has 0 aromatic heterocycles. The normalized spacial score (nSPS) is 16.8. The van der Waals surface area contributed by atoms with Gasteiger partial charge in [-0.2, -0.15) is 0 Å². The van der Waals surface area contributed by atoms with E-state index in [4.69, 9.17) is 0 Å². The molecule has 2 aromatic carbocycles. The van der Waals surface area contributed by atoms with Crippen LogP contribution in [0.2, 0.25) is 0 Å². The van der Waals surface area contributed by atoms with E-state index in [1.54, 1.807) is 0 Å². The zero-order valence-electron chi connectivity index (χ0n) is 10.3. The van der Waals surface area contributed by atoms with Crippen LogP contribution in [0.15, 0.2) is 40.9 Å². The molecular weight excluding hydrogens is 288 g/mol. The molecule has 0 unspecified atom stereocenters. The molecule has 1 aliphatic rings. The maximum atomic E-state index is 3.64. The Morgan fingerprint density at radius 3 is 2.67 bits per heavy atom. The van der Waals surface area contributed by atoms with Crippen molar-refractivity contribution in [1.82, 2.24) is 5.32 Å². The molecule has 1 aliphatic heterocycles. The maximum Gasteiger partial charge on any atom is 0.0447 e. The number of hydrogen-bond acceptors (Lipinski definition) is 2. The van der Waals surface area contributed by atoms with Crippen molar-refractivity contribution >= 4 is 32.4 Å². The predicted octanol–water partition coefficient (Wildman–Crippen LogP) is 3.40. The Labute approximate surface area is 116 Å². The lowest BCUT2D eigenvalue weighted by molar-refractivity contribution is 0.724. The second kappa shape index (κ2) is 5.29. The molecule has 2 aromatic rings. The molecule has 0 radical (unpaired) electrons. The molecule has 0 spiro atoms. The Morgan fingerprint density at radius 1 is 0.944 bits per heavy atom. The molecule has 1 heterocycles. The topological polar surface area (TPSA) is 15.3 Å². The maximum absolute atomic E-state index is 3.64. The minimum Gasteiger partial charge on any atom is -0.370 e. The van der Waals surface area contributed by atoms with Crippen LogP contribution in [0, 0.1) is 0 Å². The molecule has 0 amide bonds. The molecule has 3 heteroatoms. The van der Waals surface area contributed by atoms with Crippen molar-refractivity contribution in [3.63, 3.8) is 0 Å². The number of nitrogens with zero attached hydrogens (tertiary/aromatic N) is 1. The summed E-state index contributed by atoms with van der Waals surface area (Å²) in [6, 6.07) is 13.0. The SMILES string of the molecule is Brc1ccc(N2CCCNCC2)c2ccccc12. The molecule has 94 valence electrons. The molecule has 1 saturated heterocycles. The first-order valence-electron chi connectivity index (χ1n) is 6.49. The van der Waals surface area contributed by atoms with Gasteiger partial charge in [0.05, 0.1) is 0 Å². The number of nitrogens with one attached hydrogen (secondary N) is 1. The standard InChI is InChI=1S/C15H17BrN2/c16-14-6-7-15(13-5-2-1-4-12(13)14)18-10-3-8-17-9-11-18/h1-2,4-7,17H,3,8-11H2. The van der Waals surface area contributed by atoms with E-state index in [1.807, 2.05) is 0 Å². The van der Waals surface area contributed by atoms with Gasteiger partial charge in [0.1, 0.15) is 0 Å². The smallest absolute Gasteiger partial charge is 0.0447 e. The van der Waals surface area contributed by atoms with Gasteiger partial charge in [-0.05, 0) is 30.5 Å². The van der Waals surface area contributed by atoms with Crippen LogP contribution in [-0.2, 0) is 0 Å². The Hall–Kier alpha value is -1.06. The summed E-state index contributed by atoms with van der Waals surface area (Å²) in [6.45, 7) is 4.43. The van der Waals surface area contributed by atoms with E-state index in [0.29, 0.717) is 0 Å². The molecular formula is C15H17BrN2. The fourth-order valence-corrected chi connectivity index (χ4v) is 3.09. The number of hydrogen-bond donors (Lipinski definition) is 1. The first kappa shape index (κ1) is 12.0. The molecule has 0 saturated carbocycles. The van der Waals surface area contributed by atoms with Gasteiger partial charge in [-0.15, -0.1) is 0 Å². The van der Waals surface area contributed by atoms with Gasteiger partial charge in [0.2, 0.25) is 0 Å². The first-order valence-corrected chi connectivity index (χ1v) is 7.28. The first-order chi connectivity index (χ1) is 8.86. The van der Waals surface area contributed by atoms with E-state index >= 15 is 0 Å². The highest BCUT2D eigenvalue weighted by molar-refractivity contribution is 9.10. The molecule has 18 heavy (non-hydrogen) atoms. The highest BCUT2D eigenvalue weighted by Gasteiger charge is 2.12. The lowest BCUT2D eigenvalue weighted by Crippen LogP contribution is -2.27. The summed E-state index contributed by atoms with van der Waals surface area (Å²) in [5.41, 5.74) is 1.36. The molecule has 0 bridgehead atoms. The number of rotatable bonds is 1. The van der Waals surface area contributed by atoms with Gasteiger partial charge in [0, 0.05) is 35.2 Å². The van der Waals surface area contributed by atoms with Crippen LogP contribution in [0.1, 0.15) is 6.42 Å². The van der Waals surface area contributed by atoms with E-state index in [1.165, 1.54) is 27.4 Å². The van der Waals surface area contributed by atoms with Gasteiger partial charge in [-0.1, -0.05) is 40.2 Å². The molecule has 1 fully saturated rings. The lowest BCUT2D eigenvalue weighted by Gasteiger charge is -2.24. The summed E-state index contributed by atoms with van der Waals surface area (Å²) in [5, 5.41) is 6.10. The van der Waals surface area contributed by atoms with Crippen molar-refractivity contribution in [3.05, 3.63) is 40.9 Å². The van der Waals surface area contributed by atoms with Gasteiger partial charge in [0.15, 0.2) is 0 Å². The largest absolute Gasteiger partial charge is 0.370 e. The van der Waals surface area contributed by atoms with Crippen LogP contribution in [0.4, 0.5) is 5.69 Å². The average Bonchev–Trinajstić information content (AvgIpc) is 2.68. The molecule has 2 nitrogen and oxygen atoms in total. The van der Waals surface area contributed by atoms with E-state index in [0.717, 1.165) is 26.2 Å². The Morgan fingerprint density at radius 2 is 1.78 bits per heavy atom. The average molecular weight is 305 g/mol. The molecule has 0 atom stereocenters. The van der Waals surface area contributed by atoms with Gasteiger partial charge in [0.25, 0.3) is 0 Å². The third kappa shape index (κ3) is 2.25. The highest BCUT2D eigenvalue weighted by atomic mass is 79.9. The van der Waals surface area contributed by atoms with Crippen molar-refractivity contribution in [1.29, 1.82) is 0 Å². The van der Waals surface area contributed by atoms with Crippen LogP contribution in [-0.4, -0.2) is 26.2 Å². The van der Waals surface area contributed by atoms with Crippen LogP contribution in [0.25, 0.3) is 10.8 Å². The molecule has 0 aliphatic carbocycles. The zero-order valence-corrected chi connectivity index (χ0v) is 11.9. The van der Waals surface area contributed by atoms with Crippen LogP contribution >= 0.6 is 15.9 Å². The van der Waals surface area contributed by atoms with E-state index in [-0.39, 0.29) is 0 Å². The second-order valence-electron chi connectivity index (χ2n) is 4.70. The Balaban J connectivity index is 2.08. The number of benzene rings is 2. The summed E-state index contributed by atoms with van der Waals surface area (Å²) in [5.74, 6) is 0.